The smallest absolute Gasteiger partial charge is 0.302 e. The average Bonchev–Trinajstić information content (AvgIpc) is 2.51. The van der Waals surface area contributed by atoms with Crippen LogP contribution in [0, 0.1) is 28.6 Å². The minimum absolute atomic E-state index is 0.0306. The van der Waals surface area contributed by atoms with Crippen LogP contribution >= 0.6 is 0 Å². The van der Waals surface area contributed by atoms with Gasteiger partial charge in [-0.25, -0.2) is 0 Å². The minimum atomic E-state index is -1.21. The van der Waals surface area contributed by atoms with Crippen molar-refractivity contribution in [2.45, 2.75) is 65.5 Å². The van der Waals surface area contributed by atoms with Crippen LogP contribution in [0.15, 0.2) is 12.3 Å². The van der Waals surface area contributed by atoms with Crippen molar-refractivity contribution in [3.63, 3.8) is 0 Å². The Morgan fingerprint density at radius 3 is 2.57 bits per heavy atom. The van der Waals surface area contributed by atoms with E-state index in [-0.39, 0.29) is 29.3 Å². The molecule has 1 saturated heterocycles. The van der Waals surface area contributed by atoms with Crippen LogP contribution in [0.4, 0.5) is 0 Å². The normalized spacial score (nSPS) is 50.9. The van der Waals surface area contributed by atoms with E-state index in [1.807, 2.05) is 13.8 Å². The molecule has 0 aromatic carbocycles. The van der Waals surface area contributed by atoms with E-state index in [2.05, 4.69) is 20.4 Å². The van der Waals surface area contributed by atoms with Gasteiger partial charge in [-0.1, -0.05) is 27.4 Å². The third kappa shape index (κ3) is 1.96. The molecular weight excluding hydrogens is 296 g/mol. The van der Waals surface area contributed by atoms with Crippen LogP contribution in [0.2, 0.25) is 0 Å². The molecule has 1 aliphatic heterocycles. The summed E-state index contributed by atoms with van der Waals surface area (Å²) in [5.74, 6) is -0.621. The maximum absolute atomic E-state index is 11.9. The predicted molar refractivity (Wildman–Crippen MR) is 84.0 cm³/mol. The summed E-state index contributed by atoms with van der Waals surface area (Å²) < 4.78 is 11.2. The molecule has 0 aromatic heterocycles. The van der Waals surface area contributed by atoms with Gasteiger partial charge in [-0.15, -0.1) is 0 Å². The highest BCUT2D eigenvalue weighted by Crippen LogP contribution is 2.71. The first-order valence-electron chi connectivity index (χ1n) is 8.39. The van der Waals surface area contributed by atoms with Crippen molar-refractivity contribution in [3.8, 4) is 0 Å². The van der Waals surface area contributed by atoms with E-state index in [0.717, 1.165) is 0 Å². The predicted octanol–water partition coefficient (Wildman–Crippen LogP) is 2.22. The molecule has 1 heterocycles. The third-order valence-corrected chi connectivity index (χ3v) is 6.61. The second kappa shape index (κ2) is 4.73. The maximum Gasteiger partial charge on any atom is 0.302 e. The highest BCUT2D eigenvalue weighted by molar-refractivity contribution is 5.66. The van der Waals surface area contributed by atoms with Crippen LogP contribution in [0.5, 0.6) is 0 Å². The summed E-state index contributed by atoms with van der Waals surface area (Å²) in [6.07, 6.45) is -0.152. The topological polar surface area (TPSA) is 76.0 Å². The van der Waals surface area contributed by atoms with Crippen molar-refractivity contribution >= 4 is 5.97 Å². The van der Waals surface area contributed by atoms with E-state index >= 15 is 0 Å². The quantitative estimate of drug-likeness (QED) is 0.723. The molecule has 0 unspecified atom stereocenters. The lowest BCUT2D eigenvalue weighted by Gasteiger charge is -2.59. The van der Waals surface area contributed by atoms with Crippen molar-refractivity contribution in [2.24, 2.45) is 28.6 Å². The molecule has 3 aliphatic rings. The van der Waals surface area contributed by atoms with Crippen LogP contribution in [-0.4, -0.2) is 34.2 Å². The molecule has 3 fully saturated rings. The zero-order valence-electron chi connectivity index (χ0n) is 14.6. The largest absolute Gasteiger partial charge is 0.469 e. The Kier molecular flexibility index (Phi) is 3.45. The number of hydrogen-bond acceptors (Lipinski definition) is 5. The molecule has 23 heavy (non-hydrogen) atoms. The third-order valence-electron chi connectivity index (χ3n) is 6.61. The number of aliphatic hydroxyl groups excluding tert-OH is 1. The van der Waals surface area contributed by atoms with Crippen LogP contribution in [0.1, 0.15) is 47.5 Å². The van der Waals surface area contributed by atoms with Crippen LogP contribution in [0.25, 0.3) is 0 Å². The molecule has 5 nitrogen and oxygen atoms in total. The first kappa shape index (κ1) is 16.8. The molecule has 0 radical (unpaired) electrons. The zero-order chi connectivity index (χ0) is 17.4. The van der Waals surface area contributed by atoms with Crippen LogP contribution < -0.4 is 0 Å². The molecule has 2 N–H and O–H groups in total. The van der Waals surface area contributed by atoms with Crippen molar-refractivity contribution in [1.82, 2.24) is 0 Å². The second-order valence-corrected chi connectivity index (χ2v) is 8.62. The number of carbonyl (C=O) groups is 1. The number of esters is 1. The Morgan fingerprint density at radius 1 is 1.39 bits per heavy atom. The van der Waals surface area contributed by atoms with E-state index in [9.17, 15) is 15.0 Å². The van der Waals surface area contributed by atoms with E-state index in [4.69, 9.17) is 9.47 Å². The van der Waals surface area contributed by atoms with Crippen molar-refractivity contribution in [1.29, 1.82) is 0 Å². The lowest BCUT2D eigenvalue weighted by Crippen LogP contribution is -2.68. The standard InChI is InChI=1S/C18H28O5/c1-9-7-12(23-11(3)19)14-16(4,5)8-17(6)10(2)22-15(20)13(9)18(14,17)21/h9,12-15,20-21H,2,7-8H2,1,3-6H3/t9-,12+,13-,14+,15+,17-,18-/m1/s1. The van der Waals surface area contributed by atoms with Gasteiger partial charge in [-0.3, -0.25) is 4.79 Å². The van der Waals surface area contributed by atoms with Gasteiger partial charge >= 0.3 is 5.97 Å². The van der Waals surface area contributed by atoms with Gasteiger partial charge in [0, 0.05) is 12.8 Å². The molecule has 0 bridgehead atoms. The molecular formula is C18H28O5. The first-order chi connectivity index (χ1) is 10.4. The van der Waals surface area contributed by atoms with Gasteiger partial charge in [0.15, 0.2) is 0 Å². The van der Waals surface area contributed by atoms with Crippen molar-refractivity contribution in [2.75, 3.05) is 0 Å². The van der Waals surface area contributed by atoms with Gasteiger partial charge in [0.05, 0.1) is 16.9 Å². The van der Waals surface area contributed by atoms with Crippen LogP contribution in [-0.2, 0) is 14.3 Å². The lowest BCUT2D eigenvalue weighted by atomic mass is 9.54. The maximum atomic E-state index is 11.9. The Hall–Kier alpha value is -1.07. The number of aliphatic hydroxyl groups is 2. The summed E-state index contributed by atoms with van der Waals surface area (Å²) in [4.78, 5) is 11.6. The van der Waals surface area contributed by atoms with Gasteiger partial charge in [0.25, 0.3) is 0 Å². The fourth-order valence-corrected chi connectivity index (χ4v) is 6.05. The van der Waals surface area contributed by atoms with Crippen molar-refractivity contribution in [3.05, 3.63) is 12.3 Å². The molecule has 2 aliphatic carbocycles. The van der Waals surface area contributed by atoms with Gasteiger partial charge in [-0.2, -0.15) is 0 Å². The van der Waals surface area contributed by atoms with Crippen molar-refractivity contribution < 1.29 is 24.5 Å². The molecule has 3 rings (SSSR count). The fraction of sp³-hybridized carbons (Fsp3) is 0.833. The van der Waals surface area contributed by atoms with Gasteiger partial charge < -0.3 is 19.7 Å². The summed E-state index contributed by atoms with van der Waals surface area (Å²) in [5, 5.41) is 22.4. The molecule has 130 valence electrons. The van der Waals surface area contributed by atoms with E-state index in [0.29, 0.717) is 18.6 Å². The van der Waals surface area contributed by atoms with Gasteiger partial charge in [0.2, 0.25) is 6.29 Å². The van der Waals surface area contributed by atoms with Gasteiger partial charge in [0.1, 0.15) is 11.9 Å². The number of hydrogen-bond donors (Lipinski definition) is 2. The molecule has 5 heteroatoms. The average molecular weight is 324 g/mol. The molecule has 0 amide bonds. The summed E-state index contributed by atoms with van der Waals surface area (Å²) >= 11 is 0. The fourth-order valence-electron chi connectivity index (χ4n) is 6.05. The highest BCUT2D eigenvalue weighted by Gasteiger charge is 2.76. The summed E-state index contributed by atoms with van der Waals surface area (Å²) in [7, 11) is 0. The van der Waals surface area contributed by atoms with E-state index in [1.54, 1.807) is 0 Å². The summed E-state index contributed by atoms with van der Waals surface area (Å²) in [5.41, 5.74) is -2.14. The highest BCUT2D eigenvalue weighted by atomic mass is 16.6. The van der Waals surface area contributed by atoms with Crippen LogP contribution in [0.3, 0.4) is 0 Å². The van der Waals surface area contributed by atoms with Gasteiger partial charge in [-0.05, 0) is 31.1 Å². The number of rotatable bonds is 1. The number of carbonyl (C=O) groups excluding carboxylic acids is 1. The SMILES string of the molecule is C=C1O[C@H](O)[C@H]2[C@H](C)C[C@H](OC(C)=O)[C@H]3C(C)(C)C[C@@]1(C)[C@@]23O. The molecule has 7 atom stereocenters. The lowest BCUT2D eigenvalue weighted by molar-refractivity contribution is -0.295. The van der Waals surface area contributed by atoms with E-state index in [1.165, 1.54) is 6.92 Å². The Labute approximate surface area is 137 Å². The molecule has 2 saturated carbocycles. The molecule has 0 aromatic rings. The first-order valence-corrected chi connectivity index (χ1v) is 8.39. The Morgan fingerprint density at radius 2 is 2.00 bits per heavy atom. The summed E-state index contributed by atoms with van der Waals surface area (Å²) in [6, 6.07) is 0. The monoisotopic (exact) mass is 324 g/mol. The zero-order valence-corrected chi connectivity index (χ0v) is 14.6. The Bertz CT molecular complexity index is 556. The van der Waals surface area contributed by atoms with E-state index < -0.39 is 23.2 Å². The number of ether oxygens (including phenoxy) is 2. The summed E-state index contributed by atoms with van der Waals surface area (Å²) in [6.45, 7) is 13.5. The second-order valence-electron chi connectivity index (χ2n) is 8.62. The minimum Gasteiger partial charge on any atom is -0.469 e. The Balaban J connectivity index is 2.17. The molecule has 0 spiro atoms.